The number of nitrogens with zero attached hydrogens (tertiary/aromatic N) is 1. The molecular formula is C12H14N2O2S. The fourth-order valence-corrected chi connectivity index (χ4v) is 3.23. The predicted molar refractivity (Wildman–Crippen MR) is 69.8 cm³/mol. The lowest BCUT2D eigenvalue weighted by molar-refractivity contribution is 0.0703. The first-order chi connectivity index (χ1) is 7.97. The standard InChI is InChI=1S/C12H14N2O2S/c1-4-7-5(2)8-9(13)10(12(15)16)17-11(8)14-6(7)3/h4,13H2,1-3H3,(H,15,16). The van der Waals surface area contributed by atoms with Crippen LogP contribution in [0.15, 0.2) is 0 Å². The van der Waals surface area contributed by atoms with Gasteiger partial charge in [-0.2, -0.15) is 0 Å². The average molecular weight is 250 g/mol. The van der Waals surface area contributed by atoms with E-state index in [-0.39, 0.29) is 4.88 Å². The van der Waals surface area contributed by atoms with E-state index in [1.54, 1.807) is 0 Å². The van der Waals surface area contributed by atoms with E-state index in [2.05, 4.69) is 11.9 Å². The summed E-state index contributed by atoms with van der Waals surface area (Å²) in [6.45, 7) is 5.98. The van der Waals surface area contributed by atoms with Crippen LogP contribution in [0, 0.1) is 13.8 Å². The van der Waals surface area contributed by atoms with Gasteiger partial charge in [0.1, 0.15) is 9.71 Å². The molecule has 2 heterocycles. The van der Waals surface area contributed by atoms with Crippen LogP contribution in [0.5, 0.6) is 0 Å². The van der Waals surface area contributed by atoms with E-state index in [9.17, 15) is 4.79 Å². The van der Waals surface area contributed by atoms with Crippen LogP contribution < -0.4 is 5.73 Å². The molecule has 0 aliphatic rings. The molecule has 0 aromatic carbocycles. The van der Waals surface area contributed by atoms with Crippen LogP contribution in [0.4, 0.5) is 5.69 Å². The Morgan fingerprint density at radius 1 is 1.47 bits per heavy atom. The first kappa shape index (κ1) is 11.9. The number of aromatic nitrogens is 1. The van der Waals surface area contributed by atoms with Gasteiger partial charge in [0.05, 0.1) is 5.69 Å². The van der Waals surface area contributed by atoms with Crippen molar-refractivity contribution < 1.29 is 9.90 Å². The third-order valence-electron chi connectivity index (χ3n) is 3.01. The second-order valence-electron chi connectivity index (χ2n) is 3.98. The highest BCUT2D eigenvalue weighted by Gasteiger charge is 2.19. The zero-order chi connectivity index (χ0) is 12.7. The Morgan fingerprint density at radius 3 is 2.65 bits per heavy atom. The molecule has 2 rings (SSSR count). The van der Waals surface area contributed by atoms with Crippen LogP contribution in [-0.4, -0.2) is 16.1 Å². The predicted octanol–water partition coefficient (Wildman–Crippen LogP) is 2.76. The summed E-state index contributed by atoms with van der Waals surface area (Å²) in [4.78, 5) is 16.4. The first-order valence-electron chi connectivity index (χ1n) is 5.38. The maximum atomic E-state index is 11.0. The monoisotopic (exact) mass is 250 g/mol. The molecule has 90 valence electrons. The molecule has 0 saturated heterocycles. The molecule has 0 aliphatic heterocycles. The summed E-state index contributed by atoms with van der Waals surface area (Å²) in [6.07, 6.45) is 0.873. The Bertz CT molecular complexity index is 617. The molecule has 4 nitrogen and oxygen atoms in total. The highest BCUT2D eigenvalue weighted by Crippen LogP contribution is 2.36. The molecule has 0 bridgehead atoms. The summed E-state index contributed by atoms with van der Waals surface area (Å²) < 4.78 is 0. The van der Waals surface area contributed by atoms with Crippen LogP contribution in [0.25, 0.3) is 10.2 Å². The summed E-state index contributed by atoms with van der Waals surface area (Å²) in [6, 6.07) is 0. The zero-order valence-corrected chi connectivity index (χ0v) is 10.8. The number of fused-ring (bicyclic) bond motifs is 1. The molecular weight excluding hydrogens is 236 g/mol. The van der Waals surface area contributed by atoms with Crippen molar-refractivity contribution in [1.82, 2.24) is 4.98 Å². The number of aromatic carboxylic acids is 1. The van der Waals surface area contributed by atoms with Crippen LogP contribution in [0.2, 0.25) is 0 Å². The van der Waals surface area contributed by atoms with E-state index in [1.807, 2.05) is 13.8 Å². The number of hydrogen-bond donors (Lipinski definition) is 2. The van der Waals surface area contributed by atoms with Crippen LogP contribution in [0.3, 0.4) is 0 Å². The Balaban J connectivity index is 2.89. The van der Waals surface area contributed by atoms with Crippen molar-refractivity contribution in [2.24, 2.45) is 0 Å². The summed E-state index contributed by atoms with van der Waals surface area (Å²) >= 11 is 1.14. The van der Waals surface area contributed by atoms with Crippen molar-refractivity contribution in [3.05, 3.63) is 21.7 Å². The zero-order valence-electron chi connectivity index (χ0n) is 10.00. The maximum absolute atomic E-state index is 11.0. The fourth-order valence-electron chi connectivity index (χ4n) is 2.19. The van der Waals surface area contributed by atoms with Gasteiger partial charge in [-0.15, -0.1) is 11.3 Å². The van der Waals surface area contributed by atoms with Crippen molar-refractivity contribution in [2.45, 2.75) is 27.2 Å². The molecule has 2 aromatic rings. The van der Waals surface area contributed by atoms with Crippen molar-refractivity contribution in [2.75, 3.05) is 5.73 Å². The summed E-state index contributed by atoms with van der Waals surface area (Å²) in [5.74, 6) is -0.986. The van der Waals surface area contributed by atoms with E-state index in [0.717, 1.165) is 40.0 Å². The van der Waals surface area contributed by atoms with Gasteiger partial charge in [-0.25, -0.2) is 9.78 Å². The number of nitrogens with two attached hydrogens (primary N) is 1. The van der Waals surface area contributed by atoms with Gasteiger partial charge in [-0.05, 0) is 31.4 Å². The van der Waals surface area contributed by atoms with Crippen LogP contribution in [-0.2, 0) is 6.42 Å². The van der Waals surface area contributed by atoms with Gasteiger partial charge in [0.15, 0.2) is 0 Å². The highest BCUT2D eigenvalue weighted by molar-refractivity contribution is 7.21. The van der Waals surface area contributed by atoms with Gasteiger partial charge in [-0.3, -0.25) is 0 Å². The summed E-state index contributed by atoms with van der Waals surface area (Å²) in [5, 5.41) is 9.86. The minimum absolute atomic E-state index is 0.184. The highest BCUT2D eigenvalue weighted by atomic mass is 32.1. The molecule has 0 spiro atoms. The van der Waals surface area contributed by atoms with Gasteiger partial charge in [0.2, 0.25) is 0 Å². The van der Waals surface area contributed by atoms with Gasteiger partial charge in [0.25, 0.3) is 0 Å². The third kappa shape index (κ3) is 1.67. The van der Waals surface area contributed by atoms with Crippen molar-refractivity contribution in [3.63, 3.8) is 0 Å². The molecule has 2 aromatic heterocycles. The Hall–Kier alpha value is -1.62. The molecule has 0 fully saturated rings. The number of nitrogen functional groups attached to an aromatic ring is 1. The van der Waals surface area contributed by atoms with E-state index in [4.69, 9.17) is 10.8 Å². The smallest absolute Gasteiger partial charge is 0.348 e. The number of anilines is 1. The molecule has 0 unspecified atom stereocenters. The molecule has 0 atom stereocenters. The molecule has 0 amide bonds. The van der Waals surface area contributed by atoms with Gasteiger partial charge in [-0.1, -0.05) is 6.92 Å². The topological polar surface area (TPSA) is 76.2 Å². The minimum atomic E-state index is -0.986. The van der Waals surface area contributed by atoms with Crippen LogP contribution >= 0.6 is 11.3 Å². The van der Waals surface area contributed by atoms with Gasteiger partial charge in [0, 0.05) is 11.1 Å². The van der Waals surface area contributed by atoms with E-state index in [0.29, 0.717) is 10.5 Å². The number of carboxylic acid groups (broad SMARTS) is 1. The van der Waals surface area contributed by atoms with Crippen molar-refractivity contribution in [3.8, 4) is 0 Å². The fraction of sp³-hybridized carbons (Fsp3) is 0.333. The third-order valence-corrected chi connectivity index (χ3v) is 4.10. The first-order valence-corrected chi connectivity index (χ1v) is 6.20. The van der Waals surface area contributed by atoms with Crippen molar-refractivity contribution in [1.29, 1.82) is 0 Å². The maximum Gasteiger partial charge on any atom is 0.348 e. The number of hydrogen-bond acceptors (Lipinski definition) is 4. The average Bonchev–Trinajstić information content (AvgIpc) is 2.56. The van der Waals surface area contributed by atoms with Gasteiger partial charge >= 0.3 is 5.97 Å². The number of rotatable bonds is 2. The number of thiophene rings is 1. The molecule has 0 saturated carbocycles. The molecule has 5 heteroatoms. The molecule has 17 heavy (non-hydrogen) atoms. The Kier molecular flexibility index (Phi) is 2.79. The molecule has 3 N–H and O–H groups in total. The Labute approximate surface area is 103 Å². The number of aryl methyl sites for hydroxylation is 2. The van der Waals surface area contributed by atoms with Crippen LogP contribution in [0.1, 0.15) is 33.4 Å². The lowest BCUT2D eigenvalue weighted by atomic mass is 10.0. The lowest BCUT2D eigenvalue weighted by Gasteiger charge is -2.08. The second-order valence-corrected chi connectivity index (χ2v) is 4.98. The SMILES string of the molecule is CCc1c(C)nc2sc(C(=O)O)c(N)c2c1C. The van der Waals surface area contributed by atoms with Gasteiger partial charge < -0.3 is 10.8 Å². The lowest BCUT2D eigenvalue weighted by Crippen LogP contribution is -1.99. The number of carbonyl (C=O) groups is 1. The van der Waals surface area contributed by atoms with Crippen molar-refractivity contribution >= 4 is 33.2 Å². The van der Waals surface area contributed by atoms with E-state index < -0.39 is 5.97 Å². The summed E-state index contributed by atoms with van der Waals surface area (Å²) in [5.41, 5.74) is 9.41. The number of pyridine rings is 1. The minimum Gasteiger partial charge on any atom is -0.477 e. The normalized spacial score (nSPS) is 11.0. The quantitative estimate of drug-likeness (QED) is 0.859. The largest absolute Gasteiger partial charge is 0.477 e. The Morgan fingerprint density at radius 2 is 2.12 bits per heavy atom. The van der Waals surface area contributed by atoms with E-state index >= 15 is 0 Å². The van der Waals surface area contributed by atoms with E-state index in [1.165, 1.54) is 0 Å². The summed E-state index contributed by atoms with van der Waals surface area (Å²) in [7, 11) is 0. The molecule has 0 aliphatic carbocycles. The second kappa shape index (κ2) is 4.00. The number of carboxylic acids is 1. The molecule has 0 radical (unpaired) electrons.